The Hall–Kier alpha value is -2.54. The largest absolute Gasteiger partial charge is 0.489 e. The van der Waals surface area contributed by atoms with Gasteiger partial charge in [0.15, 0.2) is 16.7 Å². The number of benzene rings is 1. The molecule has 1 unspecified atom stereocenters. The highest BCUT2D eigenvalue weighted by atomic mass is 35.5. The van der Waals surface area contributed by atoms with Gasteiger partial charge in [-0.25, -0.2) is 4.79 Å². The number of amides is 1. The maximum atomic E-state index is 11.9. The molecule has 140 valence electrons. The first-order valence-electron chi connectivity index (χ1n) is 8.18. The van der Waals surface area contributed by atoms with E-state index in [0.29, 0.717) is 12.3 Å². The molecule has 26 heavy (non-hydrogen) atoms. The average Bonchev–Trinajstić information content (AvgIpc) is 2.57. The van der Waals surface area contributed by atoms with Crippen molar-refractivity contribution in [2.24, 2.45) is 0 Å². The summed E-state index contributed by atoms with van der Waals surface area (Å²) in [5, 5.41) is 10.3. The van der Waals surface area contributed by atoms with E-state index in [0.717, 1.165) is 5.56 Å². The third-order valence-corrected chi connectivity index (χ3v) is 3.54. The number of halogens is 1. The summed E-state index contributed by atoms with van der Waals surface area (Å²) in [6.07, 6.45) is -0.480. The normalized spacial score (nSPS) is 12.3. The van der Waals surface area contributed by atoms with E-state index < -0.39 is 11.7 Å². The molecule has 0 aliphatic heterocycles. The summed E-state index contributed by atoms with van der Waals surface area (Å²) in [7, 11) is 0. The lowest BCUT2D eigenvalue weighted by Gasteiger charge is -2.22. The minimum atomic E-state index is -0.559. The fourth-order valence-electron chi connectivity index (χ4n) is 2.19. The van der Waals surface area contributed by atoms with Crippen molar-refractivity contribution in [3.8, 4) is 5.75 Å². The molecule has 3 N–H and O–H groups in total. The molecule has 1 heterocycles. The number of aromatic nitrogens is 2. The first-order valence-corrected chi connectivity index (χ1v) is 8.55. The maximum Gasteiger partial charge on any atom is 0.407 e. The zero-order valence-electron chi connectivity index (χ0n) is 15.0. The molecule has 0 aliphatic carbocycles. The molecule has 0 spiro atoms. The second-order valence-electron chi connectivity index (χ2n) is 6.72. The lowest BCUT2D eigenvalue weighted by atomic mass is 10.00. The topological polar surface area (TPSA) is 99.4 Å². The molecule has 1 aromatic heterocycles. The molecule has 8 heteroatoms. The van der Waals surface area contributed by atoms with Gasteiger partial charge in [0, 0.05) is 18.5 Å². The van der Waals surface area contributed by atoms with Gasteiger partial charge < -0.3 is 20.5 Å². The molecule has 0 bridgehead atoms. The van der Waals surface area contributed by atoms with Crippen molar-refractivity contribution >= 4 is 23.5 Å². The number of rotatable bonds is 6. The van der Waals surface area contributed by atoms with E-state index in [4.69, 9.17) is 26.8 Å². The number of hydrogen-bond donors (Lipinski definition) is 2. The van der Waals surface area contributed by atoms with Gasteiger partial charge >= 0.3 is 6.09 Å². The van der Waals surface area contributed by atoms with Gasteiger partial charge in [-0.2, -0.15) is 0 Å². The van der Waals surface area contributed by atoms with Gasteiger partial charge in [-0.05, 0) is 26.3 Å². The van der Waals surface area contributed by atoms with Crippen LogP contribution in [0.25, 0.3) is 0 Å². The molecule has 0 saturated heterocycles. The van der Waals surface area contributed by atoms with Crippen molar-refractivity contribution in [3.05, 3.63) is 47.1 Å². The summed E-state index contributed by atoms with van der Waals surface area (Å²) >= 11 is 5.83. The lowest BCUT2D eigenvalue weighted by molar-refractivity contribution is 0.0521. The Kier molecular flexibility index (Phi) is 6.63. The molecular weight excluding hydrogens is 356 g/mol. The Balaban J connectivity index is 2.05. The number of anilines is 1. The molecule has 7 nitrogen and oxygen atoms in total. The summed E-state index contributed by atoms with van der Waals surface area (Å²) in [4.78, 5) is 11.9. The van der Waals surface area contributed by atoms with Crippen molar-refractivity contribution in [2.45, 2.75) is 32.3 Å². The lowest BCUT2D eigenvalue weighted by Crippen LogP contribution is -2.36. The predicted octanol–water partition coefficient (Wildman–Crippen LogP) is 3.40. The second kappa shape index (κ2) is 8.71. The average molecular weight is 379 g/mol. The molecule has 0 radical (unpaired) electrons. The van der Waals surface area contributed by atoms with Crippen LogP contribution in [-0.4, -0.2) is 35.0 Å². The SMILES string of the molecule is CC(C)(C)OC(=O)NCC(COc1cc(Cl)nnc1N)c1ccccc1. The van der Waals surface area contributed by atoms with Crippen LogP contribution in [0.3, 0.4) is 0 Å². The Labute approximate surface area is 157 Å². The molecule has 2 rings (SSSR count). The van der Waals surface area contributed by atoms with Crippen LogP contribution in [0.1, 0.15) is 32.3 Å². The smallest absolute Gasteiger partial charge is 0.407 e. The van der Waals surface area contributed by atoms with Gasteiger partial charge in [-0.3, -0.25) is 0 Å². The van der Waals surface area contributed by atoms with Gasteiger partial charge in [0.05, 0.1) is 6.61 Å². The van der Waals surface area contributed by atoms with Crippen molar-refractivity contribution in [1.82, 2.24) is 15.5 Å². The molecule has 1 amide bonds. The van der Waals surface area contributed by atoms with E-state index in [2.05, 4.69) is 15.5 Å². The fraction of sp³-hybridized carbons (Fsp3) is 0.389. The summed E-state index contributed by atoms with van der Waals surface area (Å²) in [5.74, 6) is 0.388. The van der Waals surface area contributed by atoms with E-state index >= 15 is 0 Å². The van der Waals surface area contributed by atoms with Gasteiger partial charge in [0.1, 0.15) is 5.60 Å². The molecule has 0 fully saturated rings. The van der Waals surface area contributed by atoms with Gasteiger partial charge in [0.2, 0.25) is 0 Å². The van der Waals surface area contributed by atoms with Crippen molar-refractivity contribution in [1.29, 1.82) is 0 Å². The highest BCUT2D eigenvalue weighted by Gasteiger charge is 2.19. The van der Waals surface area contributed by atoms with Crippen LogP contribution in [0.2, 0.25) is 5.15 Å². The van der Waals surface area contributed by atoms with Crippen LogP contribution in [0.15, 0.2) is 36.4 Å². The molecule has 0 aliphatic rings. The van der Waals surface area contributed by atoms with Crippen LogP contribution < -0.4 is 15.8 Å². The van der Waals surface area contributed by atoms with E-state index in [1.165, 1.54) is 6.07 Å². The highest BCUT2D eigenvalue weighted by Crippen LogP contribution is 2.23. The first-order chi connectivity index (χ1) is 12.2. The van der Waals surface area contributed by atoms with Gasteiger partial charge in [-0.1, -0.05) is 41.9 Å². The molecule has 2 aromatic rings. The number of nitrogens with zero attached hydrogens (tertiary/aromatic N) is 2. The molecule has 1 atom stereocenters. The standard InChI is InChI=1S/C18H23ClN4O3/c1-18(2,3)26-17(24)21-10-13(12-7-5-4-6-8-12)11-25-14-9-15(19)22-23-16(14)20/h4-9,13H,10-11H2,1-3H3,(H2,20,23)(H,21,24). The second-order valence-corrected chi connectivity index (χ2v) is 7.11. The van der Waals surface area contributed by atoms with E-state index in [1.54, 1.807) is 0 Å². The van der Waals surface area contributed by atoms with Crippen LogP contribution in [-0.2, 0) is 4.74 Å². The van der Waals surface area contributed by atoms with Gasteiger partial charge in [0.25, 0.3) is 0 Å². The number of carbonyl (C=O) groups is 1. The molecule has 0 saturated carbocycles. The number of hydrogen-bond acceptors (Lipinski definition) is 6. The van der Waals surface area contributed by atoms with Gasteiger partial charge in [-0.15, -0.1) is 10.2 Å². The van der Waals surface area contributed by atoms with Crippen LogP contribution in [0, 0.1) is 0 Å². The van der Waals surface area contributed by atoms with Crippen molar-refractivity contribution in [3.63, 3.8) is 0 Å². The summed E-state index contributed by atoms with van der Waals surface area (Å²) in [5.41, 5.74) is 6.21. The molecule has 1 aromatic carbocycles. The Morgan fingerprint density at radius 3 is 2.62 bits per heavy atom. The summed E-state index contributed by atoms with van der Waals surface area (Å²) in [6, 6.07) is 11.2. The Morgan fingerprint density at radius 2 is 1.96 bits per heavy atom. The number of alkyl carbamates (subject to hydrolysis) is 1. The Morgan fingerprint density at radius 1 is 1.27 bits per heavy atom. The maximum absolute atomic E-state index is 11.9. The van der Waals surface area contributed by atoms with Crippen molar-refractivity contribution in [2.75, 3.05) is 18.9 Å². The predicted molar refractivity (Wildman–Crippen MR) is 100 cm³/mol. The van der Waals surface area contributed by atoms with Crippen LogP contribution >= 0.6 is 11.6 Å². The third kappa shape index (κ3) is 6.40. The minimum absolute atomic E-state index is 0.116. The van der Waals surface area contributed by atoms with E-state index in [1.807, 2.05) is 51.1 Å². The quantitative estimate of drug-likeness (QED) is 0.799. The number of nitrogens with two attached hydrogens (primary N) is 1. The highest BCUT2D eigenvalue weighted by molar-refractivity contribution is 6.29. The van der Waals surface area contributed by atoms with E-state index in [-0.39, 0.29) is 23.5 Å². The zero-order valence-corrected chi connectivity index (χ0v) is 15.8. The monoisotopic (exact) mass is 378 g/mol. The number of nitrogen functional groups attached to an aromatic ring is 1. The minimum Gasteiger partial charge on any atom is -0.489 e. The third-order valence-electron chi connectivity index (χ3n) is 3.36. The zero-order chi connectivity index (χ0) is 19.2. The van der Waals surface area contributed by atoms with Crippen LogP contribution in [0.5, 0.6) is 5.75 Å². The Bertz CT molecular complexity index is 735. The summed E-state index contributed by atoms with van der Waals surface area (Å²) in [6.45, 7) is 6.05. The van der Waals surface area contributed by atoms with Crippen LogP contribution in [0.4, 0.5) is 10.6 Å². The van der Waals surface area contributed by atoms with Crippen molar-refractivity contribution < 1.29 is 14.3 Å². The fourth-order valence-corrected chi connectivity index (χ4v) is 2.32. The first kappa shape index (κ1) is 19.8. The number of carbonyl (C=O) groups excluding carboxylic acids is 1. The van der Waals surface area contributed by atoms with E-state index in [9.17, 15) is 4.79 Å². The number of nitrogens with one attached hydrogen (secondary N) is 1. The molecular formula is C18H23ClN4O3. The summed E-state index contributed by atoms with van der Waals surface area (Å²) < 4.78 is 11.0. The number of ether oxygens (including phenoxy) is 2.